The van der Waals surface area contributed by atoms with E-state index >= 15 is 0 Å². The summed E-state index contributed by atoms with van der Waals surface area (Å²) < 4.78 is 24.5. The van der Waals surface area contributed by atoms with E-state index < -0.39 is 18.7 Å². The molecule has 0 aliphatic heterocycles. The number of aromatic nitrogens is 1. The number of nitrogens with zero attached hydrogens (tertiary/aromatic N) is 1. The number of anilines is 1. The first-order chi connectivity index (χ1) is 6.07. The van der Waals surface area contributed by atoms with Crippen LogP contribution in [0.4, 0.5) is 14.5 Å². The lowest BCUT2D eigenvalue weighted by atomic mass is 10.1. The Morgan fingerprint density at radius 3 is 2.69 bits per heavy atom. The molecular formula is C7H7ClF2N2O. The molecule has 0 aliphatic carbocycles. The summed E-state index contributed by atoms with van der Waals surface area (Å²) >= 11 is 5.53. The van der Waals surface area contributed by atoms with E-state index in [9.17, 15) is 8.78 Å². The molecule has 6 heteroatoms. The fraction of sp³-hybridized carbons (Fsp3) is 0.286. The first-order valence-corrected chi connectivity index (χ1v) is 3.77. The Morgan fingerprint density at radius 1 is 1.62 bits per heavy atom. The molecule has 0 bridgehead atoms. The van der Waals surface area contributed by atoms with E-state index in [1.165, 1.54) is 0 Å². The summed E-state index contributed by atoms with van der Waals surface area (Å²) in [6.07, 6.45) is -1.72. The normalized spacial score (nSPS) is 10.8. The van der Waals surface area contributed by atoms with Gasteiger partial charge in [0.25, 0.3) is 6.43 Å². The number of nitrogens with two attached hydrogens (primary N) is 1. The minimum Gasteiger partial charge on any atom is -0.397 e. The van der Waals surface area contributed by atoms with Crippen molar-refractivity contribution >= 4 is 17.3 Å². The van der Waals surface area contributed by atoms with Gasteiger partial charge < -0.3 is 10.8 Å². The van der Waals surface area contributed by atoms with E-state index in [0.717, 1.165) is 6.20 Å². The van der Waals surface area contributed by atoms with Crippen molar-refractivity contribution in [1.82, 2.24) is 4.98 Å². The number of rotatable bonds is 2. The van der Waals surface area contributed by atoms with Gasteiger partial charge in [0.1, 0.15) is 5.69 Å². The Balaban J connectivity index is 3.30. The van der Waals surface area contributed by atoms with Gasteiger partial charge in [0.15, 0.2) is 0 Å². The lowest BCUT2D eigenvalue weighted by Gasteiger charge is -2.09. The predicted molar refractivity (Wildman–Crippen MR) is 44.5 cm³/mol. The first kappa shape index (κ1) is 10.1. The van der Waals surface area contributed by atoms with Crippen LogP contribution in [0.15, 0.2) is 6.20 Å². The molecule has 72 valence electrons. The predicted octanol–water partition coefficient (Wildman–Crippen LogP) is 1.75. The highest BCUT2D eigenvalue weighted by molar-refractivity contribution is 6.33. The summed E-state index contributed by atoms with van der Waals surface area (Å²) in [4.78, 5) is 3.39. The molecule has 0 fully saturated rings. The second-order valence-electron chi connectivity index (χ2n) is 2.34. The summed E-state index contributed by atoms with van der Waals surface area (Å²) in [7, 11) is 0. The maximum absolute atomic E-state index is 12.3. The van der Waals surface area contributed by atoms with Crippen LogP contribution in [0.5, 0.6) is 0 Å². The molecule has 0 aliphatic rings. The van der Waals surface area contributed by atoms with Gasteiger partial charge in [-0.05, 0) is 0 Å². The third-order valence-electron chi connectivity index (χ3n) is 1.57. The van der Waals surface area contributed by atoms with Crippen LogP contribution in [0.25, 0.3) is 0 Å². The Kier molecular flexibility index (Phi) is 3.00. The lowest BCUT2D eigenvalue weighted by Crippen LogP contribution is -2.04. The van der Waals surface area contributed by atoms with Gasteiger partial charge in [-0.25, -0.2) is 8.78 Å². The number of pyridine rings is 1. The highest BCUT2D eigenvalue weighted by atomic mass is 35.5. The van der Waals surface area contributed by atoms with Crippen LogP contribution in [0.2, 0.25) is 5.02 Å². The molecule has 0 spiro atoms. The molecule has 1 rings (SSSR count). The number of halogens is 3. The molecule has 0 unspecified atom stereocenters. The third kappa shape index (κ3) is 1.87. The standard InChI is InChI=1S/C7H7ClF2N2O/c8-4-1-12-6(7(9)10)3(2-13)5(4)11/h1,7,13H,2H2,(H2,11,12). The van der Waals surface area contributed by atoms with Crippen molar-refractivity contribution in [2.45, 2.75) is 13.0 Å². The van der Waals surface area contributed by atoms with Gasteiger partial charge in [0.05, 0.1) is 17.3 Å². The maximum atomic E-state index is 12.3. The second kappa shape index (κ2) is 3.85. The molecule has 0 amide bonds. The Bertz CT molecular complexity index is 320. The molecule has 0 radical (unpaired) electrons. The zero-order chi connectivity index (χ0) is 10.0. The number of aliphatic hydroxyl groups is 1. The number of hydrogen-bond acceptors (Lipinski definition) is 3. The number of hydrogen-bond donors (Lipinski definition) is 2. The Labute approximate surface area is 78.1 Å². The first-order valence-electron chi connectivity index (χ1n) is 3.39. The average molecular weight is 209 g/mol. The largest absolute Gasteiger partial charge is 0.397 e. The minimum atomic E-state index is -2.76. The zero-order valence-corrected chi connectivity index (χ0v) is 7.22. The van der Waals surface area contributed by atoms with Crippen LogP contribution in [-0.2, 0) is 6.61 Å². The molecule has 3 N–H and O–H groups in total. The lowest BCUT2D eigenvalue weighted by molar-refractivity contribution is 0.141. The van der Waals surface area contributed by atoms with Gasteiger partial charge >= 0.3 is 0 Å². The number of aliphatic hydroxyl groups excluding tert-OH is 1. The fourth-order valence-corrected chi connectivity index (χ4v) is 1.07. The van der Waals surface area contributed by atoms with E-state index in [1.54, 1.807) is 0 Å². The van der Waals surface area contributed by atoms with Gasteiger partial charge in [0.2, 0.25) is 0 Å². The highest BCUT2D eigenvalue weighted by Gasteiger charge is 2.17. The molecule has 13 heavy (non-hydrogen) atoms. The Hall–Kier alpha value is -0.940. The molecule has 3 nitrogen and oxygen atoms in total. The van der Waals surface area contributed by atoms with Crippen LogP contribution in [0, 0.1) is 0 Å². The van der Waals surface area contributed by atoms with E-state index in [4.69, 9.17) is 22.4 Å². The molecule has 0 atom stereocenters. The molecule has 0 aromatic carbocycles. The monoisotopic (exact) mass is 208 g/mol. The SMILES string of the molecule is Nc1c(Cl)cnc(C(F)F)c1CO. The van der Waals surface area contributed by atoms with Crippen molar-refractivity contribution in [3.63, 3.8) is 0 Å². The molecule has 0 saturated heterocycles. The quantitative estimate of drug-likeness (QED) is 0.779. The zero-order valence-electron chi connectivity index (χ0n) is 6.47. The van der Waals surface area contributed by atoms with Crippen molar-refractivity contribution in [1.29, 1.82) is 0 Å². The number of nitrogen functional groups attached to an aromatic ring is 1. The molecule has 1 aromatic heterocycles. The molecule has 1 heterocycles. The van der Waals surface area contributed by atoms with E-state index in [2.05, 4.69) is 4.98 Å². The minimum absolute atomic E-state index is 0.0468. The summed E-state index contributed by atoms with van der Waals surface area (Å²) in [5.41, 5.74) is 4.69. The highest BCUT2D eigenvalue weighted by Crippen LogP contribution is 2.29. The van der Waals surface area contributed by atoms with Crippen LogP contribution < -0.4 is 5.73 Å². The van der Waals surface area contributed by atoms with Crippen molar-refractivity contribution < 1.29 is 13.9 Å². The van der Waals surface area contributed by atoms with Crippen LogP contribution in [0.3, 0.4) is 0 Å². The molecular weight excluding hydrogens is 202 g/mol. The topological polar surface area (TPSA) is 59.1 Å². The maximum Gasteiger partial charge on any atom is 0.280 e. The summed E-state index contributed by atoms with van der Waals surface area (Å²) in [5, 5.41) is 8.82. The van der Waals surface area contributed by atoms with Crippen LogP contribution in [0.1, 0.15) is 17.7 Å². The molecule has 1 aromatic rings. The Morgan fingerprint density at radius 2 is 2.23 bits per heavy atom. The van der Waals surface area contributed by atoms with Crippen LogP contribution >= 0.6 is 11.6 Å². The van der Waals surface area contributed by atoms with Gasteiger partial charge in [-0.3, -0.25) is 4.98 Å². The van der Waals surface area contributed by atoms with E-state index in [-0.39, 0.29) is 16.3 Å². The summed E-state index contributed by atoms with van der Waals surface area (Å²) in [6.45, 7) is -0.598. The average Bonchev–Trinajstić information content (AvgIpc) is 2.09. The van der Waals surface area contributed by atoms with Crippen LogP contribution in [-0.4, -0.2) is 10.1 Å². The second-order valence-corrected chi connectivity index (χ2v) is 2.75. The summed E-state index contributed by atoms with van der Waals surface area (Å²) in [6, 6.07) is 0. The van der Waals surface area contributed by atoms with Gasteiger partial charge in [0, 0.05) is 11.8 Å². The van der Waals surface area contributed by atoms with Crippen molar-refractivity contribution in [3.05, 3.63) is 22.5 Å². The third-order valence-corrected chi connectivity index (χ3v) is 1.87. The van der Waals surface area contributed by atoms with Gasteiger partial charge in [-0.1, -0.05) is 11.6 Å². The fourth-order valence-electron chi connectivity index (χ4n) is 0.910. The number of alkyl halides is 2. The van der Waals surface area contributed by atoms with Gasteiger partial charge in [-0.2, -0.15) is 0 Å². The smallest absolute Gasteiger partial charge is 0.280 e. The van der Waals surface area contributed by atoms with Gasteiger partial charge in [-0.15, -0.1) is 0 Å². The van der Waals surface area contributed by atoms with Crippen molar-refractivity contribution in [2.75, 3.05) is 5.73 Å². The molecule has 0 saturated carbocycles. The summed E-state index contributed by atoms with van der Waals surface area (Å²) in [5.74, 6) is 0. The van der Waals surface area contributed by atoms with Crippen molar-refractivity contribution in [2.24, 2.45) is 0 Å². The van der Waals surface area contributed by atoms with Crippen molar-refractivity contribution in [3.8, 4) is 0 Å². The van der Waals surface area contributed by atoms with E-state index in [0.29, 0.717) is 0 Å². The van der Waals surface area contributed by atoms with E-state index in [1.807, 2.05) is 0 Å².